The van der Waals surface area contributed by atoms with Crippen LogP contribution in [-0.4, -0.2) is 13.1 Å². The number of nitrogens with zero attached hydrogens (tertiary/aromatic N) is 2. The zero-order valence-corrected chi connectivity index (χ0v) is 14.5. The predicted molar refractivity (Wildman–Crippen MR) is 96.5 cm³/mol. The van der Waals surface area contributed by atoms with Crippen molar-refractivity contribution in [3.8, 4) is 28.5 Å². The molecule has 2 aromatic carbocycles. The summed E-state index contributed by atoms with van der Waals surface area (Å²) in [5, 5.41) is 11.6. The molecule has 0 aliphatic carbocycles. The molecule has 0 unspecified atom stereocenters. The van der Waals surface area contributed by atoms with E-state index in [-0.39, 0.29) is 5.56 Å². The highest BCUT2D eigenvalue weighted by Crippen LogP contribution is 2.33. The standard InChI is InChI=1S/C20H15FN2Si/c1-24(2)19-10-13(12-22)17(21)11-16(19)14-6-5-7-15(20(14)24)18-8-3-4-9-23-18/h3-11H,1-2H3. The molecule has 0 saturated heterocycles. The minimum Gasteiger partial charge on any atom is -0.256 e. The number of hydrogen-bond acceptors (Lipinski definition) is 2. The third-order valence-corrected chi connectivity index (χ3v) is 8.37. The maximum Gasteiger partial charge on any atom is 0.141 e. The van der Waals surface area contributed by atoms with Crippen molar-refractivity contribution in [2.24, 2.45) is 0 Å². The molecule has 0 spiro atoms. The van der Waals surface area contributed by atoms with E-state index in [1.54, 1.807) is 12.3 Å². The molecule has 0 N–H and O–H groups in total. The van der Waals surface area contributed by atoms with Gasteiger partial charge >= 0.3 is 0 Å². The van der Waals surface area contributed by atoms with Crippen LogP contribution in [0.25, 0.3) is 22.4 Å². The Morgan fingerprint density at radius 1 is 1.00 bits per heavy atom. The summed E-state index contributed by atoms with van der Waals surface area (Å²) in [5.74, 6) is -0.447. The molecule has 0 fully saturated rings. The van der Waals surface area contributed by atoms with Gasteiger partial charge in [0.15, 0.2) is 0 Å². The van der Waals surface area contributed by atoms with E-state index in [1.165, 1.54) is 11.3 Å². The number of nitriles is 1. The van der Waals surface area contributed by atoms with Gasteiger partial charge < -0.3 is 0 Å². The molecular weight excluding hydrogens is 315 g/mol. The number of hydrogen-bond donors (Lipinski definition) is 0. The van der Waals surface area contributed by atoms with Crippen LogP contribution in [0.1, 0.15) is 5.56 Å². The lowest BCUT2D eigenvalue weighted by Gasteiger charge is -2.22. The first-order chi connectivity index (χ1) is 11.5. The number of fused-ring (bicyclic) bond motifs is 3. The van der Waals surface area contributed by atoms with E-state index in [2.05, 4.69) is 24.1 Å². The Hall–Kier alpha value is -2.77. The van der Waals surface area contributed by atoms with Gasteiger partial charge in [0.1, 0.15) is 20.0 Å². The SMILES string of the molecule is C[Si]1(C)c2cc(C#N)c(F)cc2-c2cccc(-c3ccccn3)c21. The minimum absolute atomic E-state index is 0.126. The molecule has 116 valence electrons. The molecule has 2 nitrogen and oxygen atoms in total. The first-order valence-electron chi connectivity index (χ1n) is 7.83. The van der Waals surface area contributed by atoms with Crippen molar-refractivity contribution in [1.82, 2.24) is 4.98 Å². The Bertz CT molecular complexity index is 1000. The highest BCUT2D eigenvalue weighted by Gasteiger charge is 2.40. The van der Waals surface area contributed by atoms with Crippen molar-refractivity contribution in [2.75, 3.05) is 0 Å². The van der Waals surface area contributed by atoms with E-state index < -0.39 is 13.9 Å². The quantitative estimate of drug-likeness (QED) is 0.640. The predicted octanol–water partition coefficient (Wildman–Crippen LogP) is 3.56. The molecular formula is C20H15FN2Si. The summed E-state index contributed by atoms with van der Waals surface area (Å²) >= 11 is 0. The van der Waals surface area contributed by atoms with E-state index in [1.807, 2.05) is 36.4 Å². The van der Waals surface area contributed by atoms with Crippen LogP contribution in [0.3, 0.4) is 0 Å². The Morgan fingerprint density at radius 3 is 2.50 bits per heavy atom. The Morgan fingerprint density at radius 2 is 1.79 bits per heavy atom. The summed E-state index contributed by atoms with van der Waals surface area (Å²) in [6.45, 7) is 4.51. The van der Waals surface area contributed by atoms with Gasteiger partial charge in [-0.1, -0.05) is 37.4 Å². The Kier molecular flexibility index (Phi) is 3.15. The first-order valence-corrected chi connectivity index (χ1v) is 10.8. The van der Waals surface area contributed by atoms with Crippen LogP contribution in [0, 0.1) is 17.1 Å². The molecule has 1 aromatic heterocycles. The van der Waals surface area contributed by atoms with E-state index in [0.29, 0.717) is 0 Å². The topological polar surface area (TPSA) is 36.7 Å². The number of aromatic nitrogens is 1. The zero-order chi connectivity index (χ0) is 16.9. The normalized spacial score (nSPS) is 13.9. The van der Waals surface area contributed by atoms with Gasteiger partial charge in [-0.2, -0.15) is 5.26 Å². The Balaban J connectivity index is 2.05. The van der Waals surface area contributed by atoms with Gasteiger partial charge in [0.2, 0.25) is 0 Å². The van der Waals surface area contributed by atoms with Crippen molar-refractivity contribution in [3.63, 3.8) is 0 Å². The van der Waals surface area contributed by atoms with Gasteiger partial charge in [-0.05, 0) is 45.8 Å². The lowest BCUT2D eigenvalue weighted by Crippen LogP contribution is -2.50. The fourth-order valence-electron chi connectivity index (χ4n) is 3.72. The van der Waals surface area contributed by atoms with Crippen LogP contribution in [0.15, 0.2) is 54.7 Å². The molecule has 1 aliphatic rings. The largest absolute Gasteiger partial charge is 0.256 e. The van der Waals surface area contributed by atoms with Crippen LogP contribution in [0.5, 0.6) is 0 Å². The molecule has 0 bridgehead atoms. The number of benzene rings is 2. The van der Waals surface area contributed by atoms with E-state index >= 15 is 0 Å². The van der Waals surface area contributed by atoms with Crippen molar-refractivity contribution < 1.29 is 4.39 Å². The van der Waals surface area contributed by atoms with Crippen molar-refractivity contribution in [2.45, 2.75) is 13.1 Å². The molecule has 4 rings (SSSR count). The summed E-state index contributed by atoms with van der Waals surface area (Å²) in [5.41, 5.74) is 4.18. The van der Waals surface area contributed by atoms with Gasteiger partial charge in [-0.25, -0.2) is 4.39 Å². The fourth-order valence-corrected chi connectivity index (χ4v) is 7.15. The summed E-state index contributed by atoms with van der Waals surface area (Å²) < 4.78 is 14.2. The molecule has 0 saturated carbocycles. The fraction of sp³-hybridized carbons (Fsp3) is 0.100. The molecule has 1 aliphatic heterocycles. The maximum atomic E-state index is 14.2. The highest BCUT2D eigenvalue weighted by molar-refractivity contribution is 7.04. The van der Waals surface area contributed by atoms with Gasteiger partial charge in [0.05, 0.1) is 11.3 Å². The second kappa shape index (κ2) is 5.12. The van der Waals surface area contributed by atoms with Crippen LogP contribution in [0.2, 0.25) is 13.1 Å². The van der Waals surface area contributed by atoms with Gasteiger partial charge in [-0.15, -0.1) is 0 Å². The van der Waals surface area contributed by atoms with E-state index in [0.717, 1.165) is 27.6 Å². The molecule has 3 aromatic rings. The van der Waals surface area contributed by atoms with Crippen LogP contribution in [-0.2, 0) is 0 Å². The van der Waals surface area contributed by atoms with Gasteiger partial charge in [0.25, 0.3) is 0 Å². The van der Waals surface area contributed by atoms with Gasteiger partial charge in [-0.3, -0.25) is 4.98 Å². The zero-order valence-electron chi connectivity index (χ0n) is 13.5. The molecule has 4 heteroatoms. The number of rotatable bonds is 1. The average Bonchev–Trinajstić information content (AvgIpc) is 2.82. The molecule has 0 radical (unpaired) electrons. The highest BCUT2D eigenvalue weighted by atomic mass is 28.3. The molecule has 0 atom stereocenters. The van der Waals surface area contributed by atoms with Crippen molar-refractivity contribution in [3.05, 3.63) is 66.1 Å². The third kappa shape index (κ3) is 1.95. The maximum absolute atomic E-state index is 14.2. The lowest BCUT2D eigenvalue weighted by atomic mass is 10.0. The second-order valence-corrected chi connectivity index (χ2v) is 10.8. The lowest BCUT2D eigenvalue weighted by molar-refractivity contribution is 0.625. The summed E-state index contributed by atoms with van der Waals surface area (Å²) in [6.07, 6.45) is 1.79. The number of halogens is 1. The van der Waals surface area contributed by atoms with E-state index in [9.17, 15) is 9.65 Å². The number of pyridine rings is 1. The summed E-state index contributed by atoms with van der Waals surface area (Å²) in [7, 11) is -2.04. The van der Waals surface area contributed by atoms with Crippen LogP contribution >= 0.6 is 0 Å². The van der Waals surface area contributed by atoms with E-state index in [4.69, 9.17) is 0 Å². The molecule has 2 heterocycles. The minimum atomic E-state index is -2.04. The van der Waals surface area contributed by atoms with Crippen LogP contribution in [0.4, 0.5) is 4.39 Å². The van der Waals surface area contributed by atoms with Gasteiger partial charge in [0, 0.05) is 11.8 Å². The third-order valence-electron chi connectivity index (χ3n) is 4.82. The first kappa shape index (κ1) is 14.8. The van der Waals surface area contributed by atoms with Crippen molar-refractivity contribution >= 4 is 18.4 Å². The van der Waals surface area contributed by atoms with Crippen LogP contribution < -0.4 is 10.4 Å². The Labute approximate surface area is 141 Å². The average molecular weight is 330 g/mol. The second-order valence-electron chi connectivity index (χ2n) is 6.56. The smallest absolute Gasteiger partial charge is 0.141 e. The molecule has 0 amide bonds. The summed E-state index contributed by atoms with van der Waals surface area (Å²) in [4.78, 5) is 4.50. The van der Waals surface area contributed by atoms with Crippen molar-refractivity contribution in [1.29, 1.82) is 5.26 Å². The monoisotopic (exact) mass is 330 g/mol. The molecule has 24 heavy (non-hydrogen) atoms. The summed E-state index contributed by atoms with van der Waals surface area (Å²) in [6, 6.07) is 17.3.